The van der Waals surface area contributed by atoms with Crippen LogP contribution in [-0.2, 0) is 0 Å². The van der Waals surface area contributed by atoms with E-state index in [2.05, 4.69) is 6.92 Å². The van der Waals surface area contributed by atoms with Crippen LogP contribution in [0.25, 0.3) is 0 Å². The van der Waals surface area contributed by atoms with Crippen LogP contribution < -0.4 is 10.5 Å². The standard InChI is InChI=1S/C18H27N3O3/c1-11(2)21-9-12(3)15(10-20(4)5)24-16-13(17(19)22)7-6-8-14(16)18(21)23/h6-8,11-12,15H,9-10H2,1-5H3,(H2,19,22)/t12-,15+/m1/s1. The average molecular weight is 333 g/mol. The number of rotatable bonds is 4. The molecule has 0 radical (unpaired) electrons. The Balaban J connectivity index is 2.58. The highest BCUT2D eigenvalue weighted by Crippen LogP contribution is 2.31. The van der Waals surface area contributed by atoms with E-state index in [9.17, 15) is 9.59 Å². The highest BCUT2D eigenvalue weighted by molar-refractivity contribution is 6.03. The number of carbonyl (C=O) groups excluding carboxylic acids is 2. The number of nitrogens with two attached hydrogens (primary N) is 1. The van der Waals surface area contributed by atoms with E-state index in [1.165, 1.54) is 0 Å². The van der Waals surface area contributed by atoms with Crippen LogP contribution in [0.15, 0.2) is 18.2 Å². The van der Waals surface area contributed by atoms with Gasteiger partial charge in [0.1, 0.15) is 11.9 Å². The summed E-state index contributed by atoms with van der Waals surface area (Å²) in [4.78, 5) is 28.6. The first-order valence-electron chi connectivity index (χ1n) is 8.27. The second-order valence-corrected chi connectivity index (χ2v) is 6.99. The van der Waals surface area contributed by atoms with Gasteiger partial charge in [-0.05, 0) is 40.1 Å². The van der Waals surface area contributed by atoms with E-state index in [0.717, 1.165) is 0 Å². The molecule has 6 heteroatoms. The molecular weight excluding hydrogens is 306 g/mol. The second kappa shape index (κ2) is 7.21. The lowest BCUT2D eigenvalue weighted by atomic mass is 9.98. The van der Waals surface area contributed by atoms with Gasteiger partial charge in [0, 0.05) is 25.0 Å². The van der Waals surface area contributed by atoms with Crippen molar-refractivity contribution >= 4 is 11.8 Å². The van der Waals surface area contributed by atoms with Gasteiger partial charge in [0.2, 0.25) is 0 Å². The van der Waals surface area contributed by atoms with Crippen LogP contribution in [0.4, 0.5) is 0 Å². The van der Waals surface area contributed by atoms with Crippen molar-refractivity contribution in [3.63, 3.8) is 0 Å². The SMILES string of the molecule is CC(C)N1C[C@@H](C)[C@H](CN(C)C)Oc2c(C(N)=O)cccc2C1=O. The van der Waals surface area contributed by atoms with E-state index < -0.39 is 5.91 Å². The minimum Gasteiger partial charge on any atom is -0.487 e. The average Bonchev–Trinajstić information content (AvgIpc) is 2.49. The third-order valence-electron chi connectivity index (χ3n) is 4.33. The smallest absolute Gasteiger partial charge is 0.257 e. The van der Waals surface area contributed by atoms with Gasteiger partial charge in [-0.1, -0.05) is 13.0 Å². The number of para-hydroxylation sites is 1. The zero-order valence-corrected chi connectivity index (χ0v) is 15.1. The largest absolute Gasteiger partial charge is 0.487 e. The minimum absolute atomic E-state index is 0.0585. The summed E-state index contributed by atoms with van der Waals surface area (Å²) in [5.74, 6) is -0.294. The molecule has 2 amide bonds. The minimum atomic E-state index is -0.590. The Kier molecular flexibility index (Phi) is 5.49. The number of carbonyl (C=O) groups is 2. The van der Waals surface area contributed by atoms with Crippen molar-refractivity contribution in [3.05, 3.63) is 29.3 Å². The summed E-state index contributed by atoms with van der Waals surface area (Å²) in [6.45, 7) is 7.34. The highest BCUT2D eigenvalue weighted by Gasteiger charge is 2.33. The summed E-state index contributed by atoms with van der Waals surface area (Å²) in [7, 11) is 3.95. The number of benzene rings is 1. The third-order valence-corrected chi connectivity index (χ3v) is 4.33. The molecule has 132 valence electrons. The third kappa shape index (κ3) is 3.70. The molecule has 6 nitrogen and oxygen atoms in total. The van der Waals surface area contributed by atoms with Gasteiger partial charge in [-0.2, -0.15) is 0 Å². The number of primary amides is 1. The fraction of sp³-hybridized carbons (Fsp3) is 0.556. The first-order chi connectivity index (χ1) is 11.2. The van der Waals surface area contributed by atoms with E-state index in [0.29, 0.717) is 24.4 Å². The van der Waals surface area contributed by atoms with Crippen molar-refractivity contribution in [2.45, 2.75) is 32.9 Å². The number of nitrogens with zero attached hydrogens (tertiary/aromatic N) is 2. The Morgan fingerprint density at radius 2 is 2.08 bits per heavy atom. The molecule has 1 aromatic rings. The summed E-state index contributed by atoms with van der Waals surface area (Å²) < 4.78 is 6.16. The lowest BCUT2D eigenvalue weighted by molar-refractivity contribution is 0.0454. The maximum Gasteiger partial charge on any atom is 0.257 e. The number of ether oxygens (including phenoxy) is 1. The molecule has 0 saturated heterocycles. The Bertz CT molecular complexity index is 628. The van der Waals surface area contributed by atoms with Crippen LogP contribution in [0, 0.1) is 5.92 Å². The molecule has 0 aromatic heterocycles. The van der Waals surface area contributed by atoms with Crippen molar-refractivity contribution < 1.29 is 14.3 Å². The van der Waals surface area contributed by atoms with Gasteiger partial charge in [0.15, 0.2) is 0 Å². The van der Waals surface area contributed by atoms with Crippen molar-refractivity contribution in [1.82, 2.24) is 9.80 Å². The Morgan fingerprint density at radius 1 is 1.42 bits per heavy atom. The van der Waals surface area contributed by atoms with E-state index >= 15 is 0 Å². The zero-order chi connectivity index (χ0) is 18.0. The lowest BCUT2D eigenvalue weighted by Crippen LogP contribution is -2.48. The topological polar surface area (TPSA) is 75.9 Å². The molecule has 2 N–H and O–H groups in total. The summed E-state index contributed by atoms with van der Waals surface area (Å²) in [6, 6.07) is 5.03. The molecule has 2 rings (SSSR count). The van der Waals surface area contributed by atoms with Crippen molar-refractivity contribution in [2.75, 3.05) is 27.2 Å². The van der Waals surface area contributed by atoms with Gasteiger partial charge in [-0.15, -0.1) is 0 Å². The Labute approximate surface area is 143 Å². The molecule has 1 aliphatic rings. The molecule has 0 aliphatic carbocycles. The molecule has 24 heavy (non-hydrogen) atoms. The van der Waals surface area contributed by atoms with Gasteiger partial charge in [0.25, 0.3) is 11.8 Å². The monoisotopic (exact) mass is 333 g/mol. The maximum atomic E-state index is 13.0. The molecule has 0 saturated carbocycles. The highest BCUT2D eigenvalue weighted by atomic mass is 16.5. The van der Waals surface area contributed by atoms with Crippen molar-refractivity contribution in [2.24, 2.45) is 11.7 Å². The fourth-order valence-corrected chi connectivity index (χ4v) is 2.98. The van der Waals surface area contributed by atoms with E-state index in [1.807, 2.05) is 37.7 Å². The first kappa shape index (κ1) is 18.3. The number of hydrogen-bond acceptors (Lipinski definition) is 4. The van der Waals surface area contributed by atoms with E-state index in [-0.39, 0.29) is 29.5 Å². The van der Waals surface area contributed by atoms with Gasteiger partial charge in [0.05, 0.1) is 11.1 Å². The van der Waals surface area contributed by atoms with Gasteiger partial charge < -0.3 is 20.3 Å². The van der Waals surface area contributed by atoms with E-state index in [1.54, 1.807) is 18.2 Å². The molecule has 0 unspecified atom stereocenters. The molecule has 1 aliphatic heterocycles. The number of hydrogen-bond donors (Lipinski definition) is 1. The number of likely N-dealkylation sites (N-methyl/N-ethyl adjacent to an activating group) is 1. The van der Waals surface area contributed by atoms with Crippen LogP contribution in [0.5, 0.6) is 5.75 Å². The van der Waals surface area contributed by atoms with Crippen LogP contribution in [0.3, 0.4) is 0 Å². The maximum absolute atomic E-state index is 13.0. The van der Waals surface area contributed by atoms with Crippen LogP contribution in [-0.4, -0.2) is 60.9 Å². The molecule has 2 atom stereocenters. The molecule has 0 bridgehead atoms. The first-order valence-corrected chi connectivity index (χ1v) is 8.27. The predicted molar refractivity (Wildman–Crippen MR) is 93.3 cm³/mol. The van der Waals surface area contributed by atoms with Crippen molar-refractivity contribution in [3.8, 4) is 5.75 Å². The summed E-state index contributed by atoms with van der Waals surface area (Å²) in [5, 5.41) is 0. The lowest BCUT2D eigenvalue weighted by Gasteiger charge is -2.37. The number of fused-ring (bicyclic) bond motifs is 1. The Hall–Kier alpha value is -2.08. The van der Waals surface area contributed by atoms with Gasteiger partial charge >= 0.3 is 0 Å². The summed E-state index contributed by atoms with van der Waals surface area (Å²) in [5.41, 5.74) is 6.15. The Morgan fingerprint density at radius 3 is 2.62 bits per heavy atom. The van der Waals surface area contributed by atoms with E-state index in [4.69, 9.17) is 10.5 Å². The van der Waals surface area contributed by atoms with Crippen LogP contribution in [0.2, 0.25) is 0 Å². The van der Waals surface area contributed by atoms with Gasteiger partial charge in [-0.25, -0.2) is 0 Å². The van der Waals surface area contributed by atoms with Gasteiger partial charge in [-0.3, -0.25) is 9.59 Å². The molecule has 1 heterocycles. The normalized spacial score (nSPS) is 21.3. The van der Waals surface area contributed by atoms with Crippen molar-refractivity contribution in [1.29, 1.82) is 0 Å². The molecular formula is C18H27N3O3. The van der Waals surface area contributed by atoms with Crippen LogP contribution >= 0.6 is 0 Å². The fourth-order valence-electron chi connectivity index (χ4n) is 2.98. The molecule has 1 aromatic carbocycles. The molecule has 0 fully saturated rings. The molecule has 0 spiro atoms. The van der Waals surface area contributed by atoms with Crippen LogP contribution in [0.1, 0.15) is 41.5 Å². The second-order valence-electron chi connectivity index (χ2n) is 6.99. The predicted octanol–water partition coefficient (Wildman–Crippen LogP) is 1.59. The number of amides is 2. The summed E-state index contributed by atoms with van der Waals surface area (Å²) >= 11 is 0. The quantitative estimate of drug-likeness (QED) is 0.908. The zero-order valence-electron chi connectivity index (χ0n) is 15.1. The summed E-state index contributed by atoms with van der Waals surface area (Å²) in [6.07, 6.45) is -0.145.